The number of nitrogens with zero attached hydrogens (tertiary/aromatic N) is 1. The van der Waals surface area contributed by atoms with E-state index < -0.39 is 0 Å². The van der Waals surface area contributed by atoms with Gasteiger partial charge >= 0.3 is 0 Å². The van der Waals surface area contributed by atoms with Gasteiger partial charge in [-0.15, -0.1) is 0 Å². The minimum atomic E-state index is -0.198. The van der Waals surface area contributed by atoms with Gasteiger partial charge in [0.05, 0.1) is 12.2 Å². The van der Waals surface area contributed by atoms with E-state index in [1.54, 1.807) is 7.11 Å². The number of ether oxygens (including phenoxy) is 1. The lowest BCUT2D eigenvalue weighted by atomic mass is 9.94. The Morgan fingerprint density at radius 1 is 1.50 bits per heavy atom. The molecule has 0 amide bonds. The van der Waals surface area contributed by atoms with E-state index in [4.69, 9.17) is 4.74 Å². The standard InChI is InChI=1S/C13H27NO2/c1-5-10(2)12(15)8-14-7-6-11(3)13(9-14)16-4/h10-13,15H,5-9H2,1-4H3. The van der Waals surface area contributed by atoms with Gasteiger partial charge in [-0.2, -0.15) is 0 Å². The molecule has 4 atom stereocenters. The third-order valence-electron chi connectivity index (χ3n) is 4.02. The molecule has 96 valence electrons. The van der Waals surface area contributed by atoms with E-state index in [2.05, 4.69) is 25.7 Å². The minimum absolute atomic E-state index is 0.198. The van der Waals surface area contributed by atoms with Crippen LogP contribution in [0.3, 0.4) is 0 Å². The zero-order valence-electron chi connectivity index (χ0n) is 11.1. The largest absolute Gasteiger partial charge is 0.392 e. The molecule has 1 saturated heterocycles. The molecule has 0 aliphatic carbocycles. The summed E-state index contributed by atoms with van der Waals surface area (Å²) in [6.45, 7) is 9.34. The molecule has 3 nitrogen and oxygen atoms in total. The third-order valence-corrected chi connectivity index (χ3v) is 4.02. The lowest BCUT2D eigenvalue weighted by Gasteiger charge is -2.37. The molecule has 1 N–H and O–H groups in total. The molecule has 0 aromatic rings. The Balaban J connectivity index is 2.38. The third kappa shape index (κ3) is 3.72. The van der Waals surface area contributed by atoms with Gasteiger partial charge in [0.25, 0.3) is 0 Å². The molecular weight excluding hydrogens is 202 g/mol. The van der Waals surface area contributed by atoms with Gasteiger partial charge in [-0.3, -0.25) is 4.90 Å². The van der Waals surface area contributed by atoms with Crippen LogP contribution in [0.1, 0.15) is 33.6 Å². The number of hydrogen-bond donors (Lipinski definition) is 1. The van der Waals surface area contributed by atoms with Crippen molar-refractivity contribution in [1.82, 2.24) is 4.90 Å². The van der Waals surface area contributed by atoms with E-state index in [1.165, 1.54) is 6.42 Å². The van der Waals surface area contributed by atoms with E-state index in [1.807, 2.05) is 0 Å². The topological polar surface area (TPSA) is 32.7 Å². The van der Waals surface area contributed by atoms with Crippen LogP contribution in [0, 0.1) is 11.8 Å². The molecule has 1 rings (SSSR count). The predicted molar refractivity (Wildman–Crippen MR) is 66.5 cm³/mol. The first-order chi connectivity index (χ1) is 7.58. The zero-order valence-corrected chi connectivity index (χ0v) is 11.1. The quantitative estimate of drug-likeness (QED) is 0.779. The molecule has 3 heteroatoms. The summed E-state index contributed by atoms with van der Waals surface area (Å²) >= 11 is 0. The van der Waals surface area contributed by atoms with Crippen molar-refractivity contribution in [2.45, 2.75) is 45.8 Å². The average molecular weight is 229 g/mol. The van der Waals surface area contributed by atoms with Crippen molar-refractivity contribution in [3.8, 4) is 0 Å². The summed E-state index contributed by atoms with van der Waals surface area (Å²) in [5.41, 5.74) is 0. The Kier molecular flexibility index (Phi) is 5.73. The van der Waals surface area contributed by atoms with E-state index in [9.17, 15) is 5.11 Å². The van der Waals surface area contributed by atoms with Crippen LogP contribution in [0.2, 0.25) is 0 Å². The Morgan fingerprint density at radius 3 is 2.75 bits per heavy atom. The summed E-state index contributed by atoms with van der Waals surface area (Å²) in [6.07, 6.45) is 2.35. The number of likely N-dealkylation sites (tertiary alicyclic amines) is 1. The van der Waals surface area contributed by atoms with E-state index in [0.717, 1.165) is 26.1 Å². The van der Waals surface area contributed by atoms with Gasteiger partial charge < -0.3 is 9.84 Å². The summed E-state index contributed by atoms with van der Waals surface area (Å²) in [7, 11) is 1.79. The zero-order chi connectivity index (χ0) is 12.1. The lowest BCUT2D eigenvalue weighted by molar-refractivity contribution is -0.0243. The molecule has 1 aliphatic rings. The number of piperidine rings is 1. The van der Waals surface area contributed by atoms with Crippen LogP contribution in [0.5, 0.6) is 0 Å². The second-order valence-electron chi connectivity index (χ2n) is 5.25. The number of methoxy groups -OCH3 is 1. The van der Waals surface area contributed by atoms with Crippen LogP contribution in [0.4, 0.5) is 0 Å². The number of rotatable bonds is 5. The Morgan fingerprint density at radius 2 is 2.19 bits per heavy atom. The molecule has 1 fully saturated rings. The van der Waals surface area contributed by atoms with Crippen molar-refractivity contribution in [3.05, 3.63) is 0 Å². The molecule has 4 unspecified atom stereocenters. The second kappa shape index (κ2) is 6.58. The van der Waals surface area contributed by atoms with Crippen molar-refractivity contribution < 1.29 is 9.84 Å². The van der Waals surface area contributed by atoms with E-state index in [0.29, 0.717) is 17.9 Å². The number of β-amino-alcohol motifs (C(OH)–C–C–N with tert-alkyl or cyclic N) is 1. The van der Waals surface area contributed by atoms with E-state index >= 15 is 0 Å². The van der Waals surface area contributed by atoms with Crippen molar-refractivity contribution in [2.24, 2.45) is 11.8 Å². The van der Waals surface area contributed by atoms with Crippen LogP contribution in [-0.2, 0) is 4.74 Å². The Bertz CT molecular complexity index is 198. The highest BCUT2D eigenvalue weighted by molar-refractivity contribution is 4.80. The maximum absolute atomic E-state index is 10.0. The van der Waals surface area contributed by atoms with Crippen LogP contribution < -0.4 is 0 Å². The Hall–Kier alpha value is -0.120. The van der Waals surface area contributed by atoms with Crippen LogP contribution >= 0.6 is 0 Å². The summed E-state index contributed by atoms with van der Waals surface area (Å²) in [5.74, 6) is 1.03. The van der Waals surface area contributed by atoms with E-state index in [-0.39, 0.29) is 6.10 Å². The number of aliphatic hydroxyl groups excluding tert-OH is 1. The molecule has 0 bridgehead atoms. The predicted octanol–water partition coefficient (Wildman–Crippen LogP) is 1.75. The van der Waals surface area contributed by atoms with Gasteiger partial charge in [-0.05, 0) is 24.8 Å². The molecule has 0 aromatic heterocycles. The molecule has 0 saturated carbocycles. The second-order valence-corrected chi connectivity index (χ2v) is 5.25. The number of aliphatic hydroxyl groups is 1. The molecule has 0 aromatic carbocycles. The van der Waals surface area contributed by atoms with Crippen molar-refractivity contribution >= 4 is 0 Å². The number of hydrogen-bond acceptors (Lipinski definition) is 3. The fourth-order valence-corrected chi connectivity index (χ4v) is 2.29. The van der Waals surface area contributed by atoms with Crippen molar-refractivity contribution in [1.29, 1.82) is 0 Å². The summed E-state index contributed by atoms with van der Waals surface area (Å²) in [6, 6.07) is 0. The SMILES string of the molecule is CCC(C)C(O)CN1CCC(C)C(OC)C1. The van der Waals surface area contributed by atoms with Gasteiger partial charge in [0.2, 0.25) is 0 Å². The first-order valence-electron chi connectivity index (χ1n) is 6.51. The van der Waals surface area contributed by atoms with Crippen LogP contribution in [-0.4, -0.2) is 49.0 Å². The van der Waals surface area contributed by atoms with Gasteiger partial charge in [0, 0.05) is 20.2 Å². The van der Waals surface area contributed by atoms with Crippen LogP contribution in [0.15, 0.2) is 0 Å². The molecule has 1 heterocycles. The first-order valence-corrected chi connectivity index (χ1v) is 6.51. The normalized spacial score (nSPS) is 31.3. The van der Waals surface area contributed by atoms with Gasteiger partial charge in [-0.25, -0.2) is 0 Å². The summed E-state index contributed by atoms with van der Waals surface area (Å²) < 4.78 is 5.48. The van der Waals surface area contributed by atoms with Gasteiger partial charge in [0.1, 0.15) is 0 Å². The first kappa shape index (κ1) is 13.9. The molecule has 0 spiro atoms. The molecule has 1 aliphatic heterocycles. The van der Waals surface area contributed by atoms with Gasteiger partial charge in [-0.1, -0.05) is 27.2 Å². The highest BCUT2D eigenvalue weighted by Gasteiger charge is 2.27. The molecular formula is C13H27NO2. The fourth-order valence-electron chi connectivity index (χ4n) is 2.29. The minimum Gasteiger partial charge on any atom is -0.392 e. The van der Waals surface area contributed by atoms with Crippen LogP contribution in [0.25, 0.3) is 0 Å². The molecule has 16 heavy (non-hydrogen) atoms. The molecule has 0 radical (unpaired) electrons. The van der Waals surface area contributed by atoms with Crippen molar-refractivity contribution in [3.63, 3.8) is 0 Å². The lowest BCUT2D eigenvalue weighted by Crippen LogP contribution is -2.47. The maximum Gasteiger partial charge on any atom is 0.0724 e. The summed E-state index contributed by atoms with van der Waals surface area (Å²) in [5, 5.41) is 10.0. The Labute approximate surface area is 99.8 Å². The maximum atomic E-state index is 10.0. The van der Waals surface area contributed by atoms with Gasteiger partial charge in [0.15, 0.2) is 0 Å². The smallest absolute Gasteiger partial charge is 0.0724 e. The monoisotopic (exact) mass is 229 g/mol. The average Bonchev–Trinajstić information content (AvgIpc) is 2.30. The highest BCUT2D eigenvalue weighted by atomic mass is 16.5. The summed E-state index contributed by atoms with van der Waals surface area (Å²) in [4.78, 5) is 2.34. The highest BCUT2D eigenvalue weighted by Crippen LogP contribution is 2.20. The van der Waals surface area contributed by atoms with Crippen molar-refractivity contribution in [2.75, 3.05) is 26.7 Å². The fraction of sp³-hybridized carbons (Fsp3) is 1.00.